The second-order valence-electron chi connectivity index (χ2n) is 20.9. The average Bonchev–Trinajstić information content (AvgIpc) is 3.71. The van der Waals surface area contributed by atoms with E-state index < -0.39 is 23.9 Å². The predicted molar refractivity (Wildman–Crippen MR) is 194 cm³/mol. The van der Waals surface area contributed by atoms with Crippen LogP contribution in [-0.2, 0) is 19.0 Å². The number of hydrogen-bond donors (Lipinski definition) is 3. The lowest BCUT2D eigenvalue weighted by Gasteiger charge is -2.64. The van der Waals surface area contributed by atoms with Crippen LogP contribution in [0.15, 0.2) is 0 Å². The highest BCUT2D eigenvalue weighted by molar-refractivity contribution is 5.76. The third-order valence-corrected chi connectivity index (χ3v) is 17.8. The van der Waals surface area contributed by atoms with Gasteiger partial charge < -0.3 is 39.3 Å². The number of nitrogens with zero attached hydrogens (tertiary/aromatic N) is 2. The van der Waals surface area contributed by atoms with Gasteiger partial charge in [0.15, 0.2) is 6.29 Å². The Balaban J connectivity index is 0.963. The Hall–Kier alpha value is -0.810. The first-order chi connectivity index (χ1) is 23.9. The fourth-order valence-corrected chi connectivity index (χ4v) is 15.0. The second kappa shape index (κ2) is 12.3. The Morgan fingerprint density at radius 1 is 0.980 bits per heavy atom. The van der Waals surface area contributed by atoms with Gasteiger partial charge in [0.2, 0.25) is 5.91 Å². The van der Waals surface area contributed by atoms with Crippen molar-refractivity contribution >= 4 is 5.91 Å². The van der Waals surface area contributed by atoms with Crippen molar-refractivity contribution in [3.05, 3.63) is 0 Å². The van der Waals surface area contributed by atoms with Crippen LogP contribution in [0.3, 0.4) is 0 Å². The smallest absolute Gasteiger partial charge is 0.223 e. The van der Waals surface area contributed by atoms with Crippen molar-refractivity contribution in [1.29, 1.82) is 0 Å². The van der Waals surface area contributed by atoms with Crippen molar-refractivity contribution in [2.24, 2.45) is 56.7 Å². The van der Waals surface area contributed by atoms with Crippen LogP contribution in [0.1, 0.15) is 119 Å². The molecule has 5 unspecified atom stereocenters. The summed E-state index contributed by atoms with van der Waals surface area (Å²) in [5, 5.41) is 34.2. The van der Waals surface area contributed by atoms with Gasteiger partial charge in [-0.15, -0.1) is 0 Å². The summed E-state index contributed by atoms with van der Waals surface area (Å²) in [6, 6.07) is 0. The third-order valence-electron chi connectivity index (χ3n) is 17.8. The molecule has 14 atom stereocenters. The maximum atomic E-state index is 13.4. The van der Waals surface area contributed by atoms with Crippen LogP contribution in [0.25, 0.3) is 0 Å². The van der Waals surface area contributed by atoms with Gasteiger partial charge in [0.1, 0.15) is 6.10 Å². The van der Waals surface area contributed by atoms with Gasteiger partial charge in [0.25, 0.3) is 0 Å². The van der Waals surface area contributed by atoms with E-state index in [9.17, 15) is 20.1 Å². The van der Waals surface area contributed by atoms with E-state index in [0.717, 1.165) is 58.0 Å². The minimum absolute atomic E-state index is 0.0154. The number of rotatable bonds is 6. The standard InChI is InChI=1S/C42H70N2O7/c1-25-21-27(35(46)38(4,5)48)50-34-33(25)39(6)15-16-42-24-41(42)14-11-30(37(2,3)28(41)9-10-29(42)40(39,7)36(34)47)51-32-23-44(19-20-49-32)31(45)22-26-12-17-43(8)18-13-26/h25-30,32-36,46-48H,9-24H2,1-8H3/t25-,27-,28+,29+,30?,32?,33?,34+,35?,36+,39-,40-,41?,42+/m1/s1. The van der Waals surface area contributed by atoms with E-state index >= 15 is 0 Å². The summed E-state index contributed by atoms with van der Waals surface area (Å²) in [5.41, 5.74) is -1.06. The van der Waals surface area contributed by atoms with Crippen LogP contribution in [0.2, 0.25) is 0 Å². The highest BCUT2D eigenvalue weighted by Crippen LogP contribution is 2.89. The normalized spacial score (nSPS) is 50.3. The van der Waals surface area contributed by atoms with E-state index in [1.807, 2.05) is 4.90 Å². The van der Waals surface area contributed by atoms with Crippen molar-refractivity contribution < 1.29 is 34.3 Å². The molecule has 3 aliphatic heterocycles. The maximum absolute atomic E-state index is 13.4. The SMILES string of the molecule is C[C@@H]1C[C@H](C(O)C(C)(C)O)O[C@H]2C1[C@@]1(C)CC[C@@]34CC35CCC(OC3CN(C(=O)CC6CCN(C)CC6)CCO3)C(C)(C)[C@@H]5CC[C@H]4[C@]1(C)[C@H]2O. The van der Waals surface area contributed by atoms with E-state index in [1.54, 1.807) is 13.8 Å². The molecule has 1 amide bonds. The topological polar surface area (TPSA) is 112 Å². The predicted octanol–water partition coefficient (Wildman–Crippen LogP) is 5.23. The van der Waals surface area contributed by atoms with Crippen LogP contribution < -0.4 is 0 Å². The molecule has 8 rings (SSSR count). The largest absolute Gasteiger partial charge is 0.390 e. The maximum Gasteiger partial charge on any atom is 0.223 e. The number of carbonyl (C=O) groups excluding carboxylic acids is 1. The Bertz CT molecular complexity index is 1340. The zero-order valence-electron chi connectivity index (χ0n) is 33.0. The molecule has 0 aromatic heterocycles. The average molecular weight is 715 g/mol. The number of morpholine rings is 1. The fraction of sp³-hybridized carbons (Fsp3) is 0.976. The molecule has 0 aromatic carbocycles. The molecule has 3 saturated heterocycles. The number of piperidine rings is 1. The van der Waals surface area contributed by atoms with Gasteiger partial charge in [-0.05, 0) is 149 Å². The quantitative estimate of drug-likeness (QED) is 0.343. The fourth-order valence-electron chi connectivity index (χ4n) is 15.0. The van der Waals surface area contributed by atoms with Crippen molar-refractivity contribution in [3.63, 3.8) is 0 Å². The number of amides is 1. The summed E-state index contributed by atoms with van der Waals surface area (Å²) >= 11 is 0. The van der Waals surface area contributed by atoms with E-state index in [2.05, 4.69) is 46.6 Å². The van der Waals surface area contributed by atoms with Gasteiger partial charge >= 0.3 is 0 Å². The summed E-state index contributed by atoms with van der Waals surface area (Å²) in [6.07, 6.45) is 8.94. The summed E-state index contributed by atoms with van der Waals surface area (Å²) in [4.78, 5) is 17.7. The number of likely N-dealkylation sites (tertiary alicyclic amines) is 1. The molecule has 2 spiro atoms. The molecule has 0 bridgehead atoms. The molecule has 0 radical (unpaired) electrons. The van der Waals surface area contributed by atoms with Crippen LogP contribution in [-0.4, -0.2) is 113 Å². The van der Waals surface area contributed by atoms with E-state index in [-0.39, 0.29) is 57.4 Å². The molecule has 8 fully saturated rings. The van der Waals surface area contributed by atoms with Gasteiger partial charge in [-0.1, -0.05) is 34.6 Å². The first kappa shape index (κ1) is 37.1. The number of aliphatic hydroxyl groups excluding tert-OH is 2. The van der Waals surface area contributed by atoms with Gasteiger partial charge in [-0.25, -0.2) is 0 Å². The minimum atomic E-state index is -1.26. The summed E-state index contributed by atoms with van der Waals surface area (Å²) < 4.78 is 19.8. The Labute approximate surface area is 307 Å². The molecule has 9 nitrogen and oxygen atoms in total. The lowest BCUT2D eigenvalue weighted by atomic mass is 9.41. The number of aliphatic hydroxyl groups is 3. The number of hydrogen-bond acceptors (Lipinski definition) is 8. The molecule has 5 saturated carbocycles. The lowest BCUT2D eigenvalue weighted by molar-refractivity contribution is -0.248. The van der Waals surface area contributed by atoms with Crippen molar-refractivity contribution in [1.82, 2.24) is 9.80 Å². The highest BCUT2D eigenvalue weighted by Gasteiger charge is 2.84. The first-order valence-electron chi connectivity index (χ1n) is 20.9. The molecule has 3 N–H and O–H groups in total. The molecular weight excluding hydrogens is 644 g/mol. The molecule has 5 aliphatic carbocycles. The van der Waals surface area contributed by atoms with Crippen molar-refractivity contribution in [3.8, 4) is 0 Å². The molecular formula is C42H70N2O7. The van der Waals surface area contributed by atoms with Gasteiger partial charge in [0, 0.05) is 18.4 Å². The second-order valence-corrected chi connectivity index (χ2v) is 20.9. The molecule has 8 aliphatic rings. The van der Waals surface area contributed by atoms with Crippen LogP contribution in [0.5, 0.6) is 0 Å². The lowest BCUT2D eigenvalue weighted by Crippen LogP contribution is -2.60. The number of carbonyl (C=O) groups is 1. The Morgan fingerprint density at radius 3 is 2.37 bits per heavy atom. The Kier molecular flexibility index (Phi) is 8.99. The molecule has 3 heterocycles. The number of fused-ring (bicyclic) bond motifs is 4. The van der Waals surface area contributed by atoms with E-state index in [1.165, 1.54) is 12.8 Å². The summed E-state index contributed by atoms with van der Waals surface area (Å²) in [6.45, 7) is 19.2. The zero-order valence-corrected chi connectivity index (χ0v) is 33.0. The van der Waals surface area contributed by atoms with Crippen LogP contribution in [0.4, 0.5) is 0 Å². The van der Waals surface area contributed by atoms with Crippen molar-refractivity contribution in [2.45, 2.75) is 162 Å². The third kappa shape index (κ3) is 5.34. The van der Waals surface area contributed by atoms with Crippen LogP contribution in [0, 0.1) is 56.7 Å². The monoisotopic (exact) mass is 715 g/mol. The number of ether oxygens (including phenoxy) is 3. The molecule has 290 valence electrons. The Morgan fingerprint density at radius 2 is 1.67 bits per heavy atom. The highest BCUT2D eigenvalue weighted by atomic mass is 16.7. The van der Waals surface area contributed by atoms with E-state index in [0.29, 0.717) is 56.2 Å². The molecule has 51 heavy (non-hydrogen) atoms. The van der Waals surface area contributed by atoms with Crippen molar-refractivity contribution in [2.75, 3.05) is 39.8 Å². The van der Waals surface area contributed by atoms with Gasteiger partial charge in [-0.2, -0.15) is 0 Å². The van der Waals surface area contributed by atoms with E-state index in [4.69, 9.17) is 14.2 Å². The summed E-state index contributed by atoms with van der Waals surface area (Å²) in [7, 11) is 2.17. The molecule has 9 heteroatoms. The van der Waals surface area contributed by atoms with Crippen LogP contribution >= 0.6 is 0 Å². The summed E-state index contributed by atoms with van der Waals surface area (Å²) in [5.74, 6) is 2.27. The molecule has 0 aromatic rings. The zero-order chi connectivity index (χ0) is 36.5. The first-order valence-corrected chi connectivity index (χ1v) is 20.9. The van der Waals surface area contributed by atoms with Gasteiger partial charge in [0.05, 0.1) is 43.2 Å². The van der Waals surface area contributed by atoms with Gasteiger partial charge in [-0.3, -0.25) is 4.79 Å². The minimum Gasteiger partial charge on any atom is -0.390 e.